The average Bonchev–Trinajstić information content (AvgIpc) is 3.26. The standard InChI is InChI=1S/C20H20N4O4S/c1-12-10-15(13(2)29-12)16(25)8-9-18(27)21-22-20(28)19-17(26)11-24(23-19)14-6-4-3-5-7-14/h3-7,10-11,26H,8-9H2,1-2H3,(H,21,27)(H,22,28). The number of ketones is 1. The zero-order valence-electron chi connectivity index (χ0n) is 15.9. The molecule has 3 N–H and O–H groups in total. The van der Waals surface area contributed by atoms with E-state index in [0.29, 0.717) is 11.3 Å². The lowest BCUT2D eigenvalue weighted by Crippen LogP contribution is -2.41. The molecule has 0 unspecified atom stereocenters. The minimum Gasteiger partial charge on any atom is -0.504 e. The zero-order chi connectivity index (χ0) is 21.0. The molecule has 0 spiro atoms. The fraction of sp³-hybridized carbons (Fsp3) is 0.200. The summed E-state index contributed by atoms with van der Waals surface area (Å²) < 4.78 is 1.36. The van der Waals surface area contributed by atoms with Gasteiger partial charge in [0.15, 0.2) is 17.2 Å². The Bertz CT molecular complexity index is 1060. The second-order valence-electron chi connectivity index (χ2n) is 6.40. The first-order valence-electron chi connectivity index (χ1n) is 8.88. The first-order valence-corrected chi connectivity index (χ1v) is 9.70. The molecule has 0 aliphatic heterocycles. The number of Topliss-reactive ketones (excluding diaryl/α,β-unsaturated/α-hetero) is 1. The first kappa shape index (κ1) is 20.3. The summed E-state index contributed by atoms with van der Waals surface area (Å²) in [6.45, 7) is 3.79. The highest BCUT2D eigenvalue weighted by Gasteiger charge is 2.18. The molecule has 9 heteroatoms. The van der Waals surface area contributed by atoms with Crippen molar-refractivity contribution in [2.75, 3.05) is 0 Å². The smallest absolute Gasteiger partial charge is 0.294 e. The number of para-hydroxylation sites is 1. The van der Waals surface area contributed by atoms with Crippen molar-refractivity contribution >= 4 is 28.9 Å². The summed E-state index contributed by atoms with van der Waals surface area (Å²) >= 11 is 1.53. The highest BCUT2D eigenvalue weighted by Crippen LogP contribution is 2.22. The van der Waals surface area contributed by atoms with Crippen LogP contribution in [-0.4, -0.2) is 32.5 Å². The molecule has 3 aromatic rings. The molecule has 150 valence electrons. The Hall–Kier alpha value is -3.46. The Morgan fingerprint density at radius 3 is 2.48 bits per heavy atom. The second-order valence-corrected chi connectivity index (χ2v) is 7.86. The summed E-state index contributed by atoms with van der Waals surface area (Å²) in [6.07, 6.45) is 1.26. The number of nitrogens with one attached hydrogen (secondary N) is 2. The Balaban J connectivity index is 1.53. The number of nitrogens with zero attached hydrogens (tertiary/aromatic N) is 2. The Morgan fingerprint density at radius 2 is 1.83 bits per heavy atom. The minimum atomic E-state index is -0.763. The van der Waals surface area contributed by atoms with Crippen molar-refractivity contribution in [2.24, 2.45) is 0 Å². The highest BCUT2D eigenvalue weighted by molar-refractivity contribution is 7.12. The number of aryl methyl sites for hydroxylation is 2. The Labute approximate surface area is 171 Å². The van der Waals surface area contributed by atoms with Crippen LogP contribution in [0.5, 0.6) is 5.75 Å². The summed E-state index contributed by atoms with van der Waals surface area (Å²) in [5, 5.41) is 14.0. The number of benzene rings is 1. The molecule has 0 fully saturated rings. The molecule has 2 heterocycles. The molecule has 0 atom stereocenters. The van der Waals surface area contributed by atoms with Crippen molar-refractivity contribution < 1.29 is 19.5 Å². The van der Waals surface area contributed by atoms with Crippen LogP contribution in [0.15, 0.2) is 42.6 Å². The molecule has 0 aliphatic rings. The number of aromatic nitrogens is 2. The molecule has 0 bridgehead atoms. The summed E-state index contributed by atoms with van der Waals surface area (Å²) in [5.41, 5.74) is 5.50. The third-order valence-corrected chi connectivity index (χ3v) is 5.13. The number of hydrazine groups is 1. The van der Waals surface area contributed by atoms with Crippen molar-refractivity contribution in [2.45, 2.75) is 26.7 Å². The van der Waals surface area contributed by atoms with Crippen molar-refractivity contribution in [3.63, 3.8) is 0 Å². The van der Waals surface area contributed by atoms with Crippen LogP contribution in [0.3, 0.4) is 0 Å². The van der Waals surface area contributed by atoms with Gasteiger partial charge in [-0.1, -0.05) is 18.2 Å². The predicted octanol–water partition coefficient (Wildman–Crippen LogP) is 2.68. The van der Waals surface area contributed by atoms with Gasteiger partial charge in [-0.2, -0.15) is 5.10 Å². The monoisotopic (exact) mass is 412 g/mol. The maximum Gasteiger partial charge on any atom is 0.294 e. The summed E-state index contributed by atoms with van der Waals surface area (Å²) in [6, 6.07) is 10.8. The number of rotatable bonds is 6. The number of amides is 2. The van der Waals surface area contributed by atoms with E-state index in [1.54, 1.807) is 24.3 Å². The number of carbonyl (C=O) groups excluding carboxylic acids is 3. The lowest BCUT2D eigenvalue weighted by Gasteiger charge is -2.06. The van der Waals surface area contributed by atoms with Crippen LogP contribution in [0.25, 0.3) is 5.69 Å². The molecule has 1 aromatic carbocycles. The van der Waals surface area contributed by atoms with Gasteiger partial charge in [0.2, 0.25) is 5.91 Å². The van der Waals surface area contributed by atoms with Crippen LogP contribution in [-0.2, 0) is 4.79 Å². The van der Waals surface area contributed by atoms with E-state index in [2.05, 4.69) is 16.0 Å². The van der Waals surface area contributed by atoms with Gasteiger partial charge in [0, 0.05) is 28.2 Å². The van der Waals surface area contributed by atoms with Crippen LogP contribution in [0, 0.1) is 13.8 Å². The number of carbonyl (C=O) groups is 3. The van der Waals surface area contributed by atoms with Crippen LogP contribution >= 0.6 is 11.3 Å². The molecule has 29 heavy (non-hydrogen) atoms. The maximum absolute atomic E-state index is 12.2. The van der Waals surface area contributed by atoms with Crippen molar-refractivity contribution in [3.8, 4) is 11.4 Å². The second kappa shape index (κ2) is 8.70. The SMILES string of the molecule is Cc1cc(C(=O)CCC(=O)NNC(=O)c2nn(-c3ccccc3)cc2O)c(C)s1. The van der Waals surface area contributed by atoms with Gasteiger partial charge >= 0.3 is 0 Å². The van der Waals surface area contributed by atoms with Gasteiger partial charge < -0.3 is 5.11 Å². The van der Waals surface area contributed by atoms with E-state index in [-0.39, 0.29) is 30.1 Å². The fourth-order valence-corrected chi connectivity index (χ4v) is 3.70. The molecule has 0 saturated carbocycles. The van der Waals surface area contributed by atoms with Crippen molar-refractivity contribution in [1.82, 2.24) is 20.6 Å². The van der Waals surface area contributed by atoms with E-state index in [1.165, 1.54) is 22.2 Å². The molecule has 8 nitrogen and oxygen atoms in total. The quantitative estimate of drug-likeness (QED) is 0.426. The Morgan fingerprint density at radius 1 is 1.10 bits per heavy atom. The molecule has 3 rings (SSSR count). The largest absolute Gasteiger partial charge is 0.504 e. The summed E-state index contributed by atoms with van der Waals surface area (Å²) in [7, 11) is 0. The van der Waals surface area contributed by atoms with E-state index in [4.69, 9.17) is 0 Å². The summed E-state index contributed by atoms with van der Waals surface area (Å²) in [5.74, 6) is -1.72. The van der Waals surface area contributed by atoms with Gasteiger partial charge in [-0.15, -0.1) is 11.3 Å². The van der Waals surface area contributed by atoms with Crippen LogP contribution in [0.4, 0.5) is 0 Å². The fourth-order valence-electron chi connectivity index (χ4n) is 2.76. The van der Waals surface area contributed by atoms with Crippen molar-refractivity contribution in [3.05, 3.63) is 63.6 Å². The topological polar surface area (TPSA) is 113 Å². The number of thiophene rings is 1. The van der Waals surface area contributed by atoms with E-state index in [0.717, 1.165) is 9.75 Å². The molecular formula is C20H20N4O4S. The average molecular weight is 412 g/mol. The normalized spacial score (nSPS) is 10.6. The number of hydrogen-bond acceptors (Lipinski definition) is 6. The van der Waals surface area contributed by atoms with E-state index >= 15 is 0 Å². The first-order chi connectivity index (χ1) is 13.8. The molecule has 0 saturated heterocycles. The van der Waals surface area contributed by atoms with Gasteiger partial charge in [0.25, 0.3) is 5.91 Å². The van der Waals surface area contributed by atoms with Gasteiger partial charge in [-0.3, -0.25) is 25.2 Å². The van der Waals surface area contributed by atoms with Crippen LogP contribution in [0.1, 0.15) is 43.4 Å². The van der Waals surface area contributed by atoms with Crippen molar-refractivity contribution in [1.29, 1.82) is 0 Å². The van der Waals surface area contributed by atoms with Gasteiger partial charge in [-0.25, -0.2) is 4.68 Å². The molecular weight excluding hydrogens is 392 g/mol. The van der Waals surface area contributed by atoms with Gasteiger partial charge in [0.1, 0.15) is 0 Å². The molecule has 2 amide bonds. The maximum atomic E-state index is 12.2. The van der Waals surface area contributed by atoms with Crippen LogP contribution in [0.2, 0.25) is 0 Å². The molecule has 2 aromatic heterocycles. The molecule has 0 aliphatic carbocycles. The van der Waals surface area contributed by atoms with Gasteiger partial charge in [-0.05, 0) is 32.0 Å². The predicted molar refractivity (Wildman–Crippen MR) is 108 cm³/mol. The number of aromatic hydroxyl groups is 1. The van der Waals surface area contributed by atoms with E-state index in [9.17, 15) is 19.5 Å². The van der Waals surface area contributed by atoms with E-state index < -0.39 is 11.8 Å². The molecule has 0 radical (unpaired) electrons. The third kappa shape index (κ3) is 4.88. The van der Waals surface area contributed by atoms with Crippen LogP contribution < -0.4 is 10.9 Å². The van der Waals surface area contributed by atoms with Gasteiger partial charge in [0.05, 0.1) is 11.9 Å². The lowest BCUT2D eigenvalue weighted by atomic mass is 10.1. The lowest BCUT2D eigenvalue weighted by molar-refractivity contribution is -0.121. The zero-order valence-corrected chi connectivity index (χ0v) is 16.7. The highest BCUT2D eigenvalue weighted by atomic mass is 32.1. The van der Waals surface area contributed by atoms with E-state index in [1.807, 2.05) is 26.0 Å². The third-order valence-electron chi connectivity index (χ3n) is 4.17. The Kier molecular flexibility index (Phi) is 6.08. The minimum absolute atomic E-state index is 0.0343. The number of hydrogen-bond donors (Lipinski definition) is 3. The summed E-state index contributed by atoms with van der Waals surface area (Å²) in [4.78, 5) is 38.3.